The molecular formula is C15H22N2. The molecule has 0 amide bonds. The van der Waals surface area contributed by atoms with Gasteiger partial charge in [0.1, 0.15) is 0 Å². The summed E-state index contributed by atoms with van der Waals surface area (Å²) in [6.07, 6.45) is 6.79. The molecule has 2 saturated heterocycles. The molecular weight excluding hydrogens is 208 g/mol. The maximum absolute atomic E-state index is 3.82. The molecule has 2 atom stereocenters. The van der Waals surface area contributed by atoms with Gasteiger partial charge in [0, 0.05) is 12.6 Å². The lowest BCUT2D eigenvalue weighted by Crippen LogP contribution is -2.57. The third kappa shape index (κ3) is 2.00. The summed E-state index contributed by atoms with van der Waals surface area (Å²) in [5.41, 5.74) is 1.68. The van der Waals surface area contributed by atoms with E-state index in [4.69, 9.17) is 0 Å². The third-order valence-corrected chi connectivity index (χ3v) is 4.71. The lowest BCUT2D eigenvalue weighted by Gasteiger charge is -2.43. The topological polar surface area (TPSA) is 15.3 Å². The highest BCUT2D eigenvalue weighted by atomic mass is 15.3. The Balaban J connectivity index is 1.68. The number of nitrogens with one attached hydrogen (secondary N) is 1. The smallest absolute Gasteiger partial charge is 0.0715 e. The molecule has 92 valence electrons. The van der Waals surface area contributed by atoms with Crippen molar-refractivity contribution >= 4 is 0 Å². The zero-order valence-electron chi connectivity index (χ0n) is 10.7. The fourth-order valence-corrected chi connectivity index (χ4v) is 3.56. The molecule has 2 bridgehead atoms. The highest BCUT2D eigenvalue weighted by molar-refractivity contribution is 5.15. The van der Waals surface area contributed by atoms with Gasteiger partial charge in [-0.1, -0.05) is 30.3 Å². The Hall–Kier alpha value is -0.860. The first-order valence-corrected chi connectivity index (χ1v) is 6.82. The second-order valence-corrected chi connectivity index (χ2v) is 5.57. The van der Waals surface area contributed by atoms with Crippen LogP contribution in [-0.2, 0) is 6.54 Å². The van der Waals surface area contributed by atoms with Crippen LogP contribution in [0.5, 0.6) is 0 Å². The molecule has 2 heteroatoms. The van der Waals surface area contributed by atoms with Gasteiger partial charge < -0.3 is 0 Å². The highest BCUT2D eigenvalue weighted by Crippen LogP contribution is 2.41. The highest BCUT2D eigenvalue weighted by Gasteiger charge is 2.45. The van der Waals surface area contributed by atoms with Crippen molar-refractivity contribution < 1.29 is 0 Å². The Labute approximate surface area is 104 Å². The van der Waals surface area contributed by atoms with Crippen molar-refractivity contribution in [3.63, 3.8) is 0 Å². The number of benzene rings is 1. The molecule has 0 saturated carbocycles. The summed E-state index contributed by atoms with van der Waals surface area (Å²) in [5.74, 6) is 0. The van der Waals surface area contributed by atoms with E-state index >= 15 is 0 Å². The minimum absolute atomic E-state index is 0.290. The molecule has 0 spiro atoms. The van der Waals surface area contributed by atoms with Crippen molar-refractivity contribution in [1.29, 1.82) is 0 Å². The fraction of sp³-hybridized carbons (Fsp3) is 0.600. The summed E-state index contributed by atoms with van der Waals surface area (Å²) >= 11 is 0. The summed E-state index contributed by atoms with van der Waals surface area (Å²) in [7, 11) is 2.30. The first-order chi connectivity index (χ1) is 8.30. The van der Waals surface area contributed by atoms with E-state index in [1.165, 1.54) is 37.7 Å². The van der Waals surface area contributed by atoms with Gasteiger partial charge in [0.25, 0.3) is 0 Å². The fourth-order valence-electron chi connectivity index (χ4n) is 3.56. The van der Waals surface area contributed by atoms with Gasteiger partial charge in [-0.25, -0.2) is 0 Å². The van der Waals surface area contributed by atoms with E-state index < -0.39 is 0 Å². The average molecular weight is 230 g/mol. The second-order valence-electron chi connectivity index (χ2n) is 5.57. The minimum Gasteiger partial charge on any atom is -0.295 e. The predicted octanol–water partition coefficient (Wildman–Crippen LogP) is 2.75. The molecule has 0 unspecified atom stereocenters. The Bertz CT molecular complexity index is 372. The zero-order chi connectivity index (χ0) is 11.7. The van der Waals surface area contributed by atoms with Crippen LogP contribution < -0.4 is 5.32 Å². The quantitative estimate of drug-likeness (QED) is 0.859. The van der Waals surface area contributed by atoms with Crippen LogP contribution in [-0.4, -0.2) is 23.7 Å². The molecule has 17 heavy (non-hydrogen) atoms. The lowest BCUT2D eigenvalue weighted by molar-refractivity contribution is 0.0502. The number of hydrogen-bond acceptors (Lipinski definition) is 2. The average Bonchev–Trinajstić information content (AvgIpc) is 2.57. The number of nitrogens with zero attached hydrogens (tertiary/aromatic N) is 1. The van der Waals surface area contributed by atoms with Gasteiger partial charge in [-0.15, -0.1) is 0 Å². The van der Waals surface area contributed by atoms with E-state index in [2.05, 4.69) is 47.6 Å². The number of hydrogen-bond donors (Lipinski definition) is 1. The van der Waals surface area contributed by atoms with Crippen LogP contribution in [0.4, 0.5) is 0 Å². The predicted molar refractivity (Wildman–Crippen MR) is 70.6 cm³/mol. The number of piperidine rings is 1. The van der Waals surface area contributed by atoms with Crippen LogP contribution in [0.15, 0.2) is 30.3 Å². The summed E-state index contributed by atoms with van der Waals surface area (Å²) < 4.78 is 0. The third-order valence-electron chi connectivity index (χ3n) is 4.71. The molecule has 0 radical (unpaired) electrons. The molecule has 0 aliphatic carbocycles. The molecule has 2 fully saturated rings. The van der Waals surface area contributed by atoms with Crippen LogP contribution in [0.2, 0.25) is 0 Å². The van der Waals surface area contributed by atoms with Gasteiger partial charge >= 0.3 is 0 Å². The van der Waals surface area contributed by atoms with Crippen molar-refractivity contribution in [3.8, 4) is 0 Å². The molecule has 3 rings (SSSR count). The van der Waals surface area contributed by atoms with Crippen molar-refractivity contribution in [2.24, 2.45) is 0 Å². The molecule has 2 aliphatic heterocycles. The first kappa shape index (κ1) is 11.2. The van der Waals surface area contributed by atoms with Crippen LogP contribution in [0, 0.1) is 0 Å². The van der Waals surface area contributed by atoms with Crippen molar-refractivity contribution in [3.05, 3.63) is 35.9 Å². The summed E-state index contributed by atoms with van der Waals surface area (Å²) in [5, 5.41) is 3.82. The van der Waals surface area contributed by atoms with E-state index in [9.17, 15) is 0 Å². The van der Waals surface area contributed by atoms with Crippen molar-refractivity contribution in [1.82, 2.24) is 10.2 Å². The minimum atomic E-state index is 0.290. The van der Waals surface area contributed by atoms with E-state index in [0.717, 1.165) is 12.6 Å². The standard InChI is InChI=1S/C15H22N2/c1-17-14-8-5-10-15(17,11-9-14)16-12-13-6-3-2-4-7-13/h2-4,6-7,14,16H,5,8-12H2,1H3/t14-,15+/m1/s1. The Kier molecular flexibility index (Phi) is 2.93. The van der Waals surface area contributed by atoms with Gasteiger partial charge in [-0.05, 0) is 44.7 Å². The van der Waals surface area contributed by atoms with E-state index in [-0.39, 0.29) is 0 Å². The molecule has 0 aromatic heterocycles. The van der Waals surface area contributed by atoms with Gasteiger partial charge in [-0.2, -0.15) is 0 Å². The summed E-state index contributed by atoms with van der Waals surface area (Å²) in [6, 6.07) is 11.6. The maximum atomic E-state index is 3.82. The van der Waals surface area contributed by atoms with Crippen molar-refractivity contribution in [2.45, 2.75) is 50.4 Å². The van der Waals surface area contributed by atoms with Gasteiger partial charge in [0.15, 0.2) is 0 Å². The molecule has 2 heterocycles. The lowest BCUT2D eigenvalue weighted by atomic mass is 9.97. The van der Waals surface area contributed by atoms with Crippen LogP contribution >= 0.6 is 0 Å². The Morgan fingerprint density at radius 2 is 2.06 bits per heavy atom. The van der Waals surface area contributed by atoms with E-state index in [1.807, 2.05) is 0 Å². The van der Waals surface area contributed by atoms with Gasteiger partial charge in [-0.3, -0.25) is 10.2 Å². The van der Waals surface area contributed by atoms with E-state index in [0.29, 0.717) is 5.66 Å². The van der Waals surface area contributed by atoms with Crippen LogP contribution in [0.3, 0.4) is 0 Å². The van der Waals surface area contributed by atoms with Crippen LogP contribution in [0.25, 0.3) is 0 Å². The largest absolute Gasteiger partial charge is 0.295 e. The normalized spacial score (nSPS) is 32.9. The van der Waals surface area contributed by atoms with Crippen molar-refractivity contribution in [2.75, 3.05) is 7.05 Å². The number of fused-ring (bicyclic) bond motifs is 2. The molecule has 2 aliphatic rings. The zero-order valence-corrected chi connectivity index (χ0v) is 10.7. The Morgan fingerprint density at radius 1 is 1.24 bits per heavy atom. The SMILES string of the molecule is CN1[C@@H]2CCC[C@@]1(NCc1ccccc1)CC2. The first-order valence-electron chi connectivity index (χ1n) is 6.82. The summed E-state index contributed by atoms with van der Waals surface area (Å²) in [4.78, 5) is 2.60. The van der Waals surface area contributed by atoms with Crippen LogP contribution in [0.1, 0.15) is 37.7 Å². The second kappa shape index (κ2) is 4.43. The molecule has 2 nitrogen and oxygen atoms in total. The number of rotatable bonds is 3. The molecule has 1 aromatic carbocycles. The Morgan fingerprint density at radius 3 is 2.88 bits per heavy atom. The maximum Gasteiger partial charge on any atom is 0.0715 e. The molecule has 1 aromatic rings. The summed E-state index contributed by atoms with van der Waals surface area (Å²) in [6.45, 7) is 0.998. The van der Waals surface area contributed by atoms with Gasteiger partial charge in [0.05, 0.1) is 5.66 Å². The molecule has 1 N–H and O–H groups in total. The van der Waals surface area contributed by atoms with Gasteiger partial charge in [0.2, 0.25) is 0 Å². The van der Waals surface area contributed by atoms with E-state index in [1.54, 1.807) is 0 Å². The monoisotopic (exact) mass is 230 g/mol.